The molecule has 0 rings (SSSR count). The first-order valence-electron chi connectivity index (χ1n) is 6.21. The van der Waals surface area contributed by atoms with Crippen molar-refractivity contribution in [2.45, 2.75) is 32.2 Å². The Balaban J connectivity index is 3.81. The van der Waals surface area contributed by atoms with Gasteiger partial charge in [-0.3, -0.25) is 4.79 Å². The highest BCUT2D eigenvalue weighted by Crippen LogP contribution is 2.01. The van der Waals surface area contributed by atoms with Gasteiger partial charge in [-0.2, -0.15) is 0 Å². The molecule has 0 aromatic carbocycles. The maximum absolute atomic E-state index is 11.7. The highest BCUT2D eigenvalue weighted by molar-refractivity contribution is 5.74. The number of carbonyl (C=O) groups excluding carboxylic acids is 1. The van der Waals surface area contributed by atoms with Crippen molar-refractivity contribution >= 4 is 12.0 Å². The van der Waals surface area contributed by atoms with Gasteiger partial charge in [-0.05, 0) is 33.9 Å². The summed E-state index contributed by atoms with van der Waals surface area (Å²) in [4.78, 5) is 25.7. The zero-order valence-electron chi connectivity index (χ0n) is 11.8. The number of carbonyl (C=O) groups is 2. The molecule has 0 heterocycles. The molecule has 0 saturated heterocycles. The van der Waals surface area contributed by atoms with Crippen LogP contribution in [0.5, 0.6) is 0 Å². The van der Waals surface area contributed by atoms with Crippen LogP contribution in [0.15, 0.2) is 0 Å². The third kappa shape index (κ3) is 8.81. The topological polar surface area (TPSA) is 72.9 Å². The molecule has 6 nitrogen and oxygen atoms in total. The van der Waals surface area contributed by atoms with Crippen LogP contribution in [-0.4, -0.2) is 67.2 Å². The van der Waals surface area contributed by atoms with Crippen LogP contribution in [0.3, 0.4) is 0 Å². The van der Waals surface area contributed by atoms with Gasteiger partial charge in [0.1, 0.15) is 0 Å². The van der Waals surface area contributed by atoms with E-state index in [1.165, 1.54) is 0 Å². The number of rotatable bonds is 8. The Hall–Kier alpha value is -1.30. The second-order valence-electron chi connectivity index (χ2n) is 4.86. The normalized spacial score (nSPS) is 12.3. The average Bonchev–Trinajstić information content (AvgIpc) is 2.24. The fourth-order valence-corrected chi connectivity index (χ4v) is 1.40. The van der Waals surface area contributed by atoms with Crippen LogP contribution >= 0.6 is 0 Å². The summed E-state index contributed by atoms with van der Waals surface area (Å²) in [6.07, 6.45) is 1.41. The van der Waals surface area contributed by atoms with Crippen LogP contribution in [0.2, 0.25) is 0 Å². The van der Waals surface area contributed by atoms with Crippen molar-refractivity contribution in [2.75, 3.05) is 34.2 Å². The fraction of sp³-hybridized carbons (Fsp3) is 0.833. The number of aliphatic carboxylic acids is 1. The zero-order chi connectivity index (χ0) is 14.1. The summed E-state index contributed by atoms with van der Waals surface area (Å²) in [6.45, 7) is 3.37. The van der Waals surface area contributed by atoms with Crippen molar-refractivity contribution in [3.05, 3.63) is 0 Å². The average molecular weight is 259 g/mol. The number of likely N-dealkylation sites (N-methyl/N-ethyl adjacent to an activating group) is 2. The lowest BCUT2D eigenvalue weighted by Gasteiger charge is -2.22. The summed E-state index contributed by atoms with van der Waals surface area (Å²) in [5.74, 6) is -0.795. The Morgan fingerprint density at radius 1 is 1.22 bits per heavy atom. The van der Waals surface area contributed by atoms with Crippen molar-refractivity contribution < 1.29 is 14.7 Å². The molecule has 0 radical (unpaired) electrons. The Labute approximate surface area is 109 Å². The number of nitrogens with zero attached hydrogens (tertiary/aromatic N) is 2. The lowest BCUT2D eigenvalue weighted by atomic mass is 10.1. The predicted molar refractivity (Wildman–Crippen MR) is 70.7 cm³/mol. The molecule has 2 amide bonds. The van der Waals surface area contributed by atoms with E-state index < -0.39 is 5.97 Å². The smallest absolute Gasteiger partial charge is 0.317 e. The number of hydrogen-bond acceptors (Lipinski definition) is 3. The van der Waals surface area contributed by atoms with Crippen molar-refractivity contribution in [1.29, 1.82) is 0 Å². The summed E-state index contributed by atoms with van der Waals surface area (Å²) in [6, 6.07) is -0.113. The first-order chi connectivity index (χ1) is 8.32. The summed E-state index contributed by atoms with van der Waals surface area (Å²) in [5.41, 5.74) is 0. The predicted octanol–water partition coefficient (Wildman–Crippen LogP) is 0.833. The van der Waals surface area contributed by atoms with Crippen molar-refractivity contribution in [1.82, 2.24) is 15.1 Å². The maximum Gasteiger partial charge on any atom is 0.317 e. The van der Waals surface area contributed by atoms with Crippen LogP contribution in [0.1, 0.15) is 26.2 Å². The van der Waals surface area contributed by atoms with Crippen LogP contribution in [0.25, 0.3) is 0 Å². The summed E-state index contributed by atoms with van der Waals surface area (Å²) >= 11 is 0. The highest BCUT2D eigenvalue weighted by Gasteiger charge is 2.12. The number of nitrogens with one attached hydrogen (secondary N) is 1. The maximum atomic E-state index is 11.7. The van der Waals surface area contributed by atoms with Gasteiger partial charge >= 0.3 is 12.0 Å². The first-order valence-corrected chi connectivity index (χ1v) is 6.21. The SMILES string of the molecule is CC(CCCC(=O)O)NC(=O)N(C)CCN(C)C. The molecule has 1 atom stereocenters. The second kappa shape index (κ2) is 8.74. The van der Waals surface area contributed by atoms with E-state index in [9.17, 15) is 9.59 Å². The molecule has 6 heteroatoms. The van der Waals surface area contributed by atoms with E-state index in [0.717, 1.165) is 6.54 Å². The molecule has 0 aromatic rings. The molecular weight excluding hydrogens is 234 g/mol. The van der Waals surface area contributed by atoms with Crippen molar-refractivity contribution in [3.63, 3.8) is 0 Å². The summed E-state index contributed by atoms with van der Waals surface area (Å²) in [7, 11) is 5.67. The number of carboxylic acid groups (broad SMARTS) is 1. The minimum Gasteiger partial charge on any atom is -0.481 e. The van der Waals surface area contributed by atoms with Crippen LogP contribution in [0, 0.1) is 0 Å². The zero-order valence-corrected chi connectivity index (χ0v) is 11.8. The van der Waals surface area contributed by atoms with E-state index in [1.807, 2.05) is 25.9 Å². The van der Waals surface area contributed by atoms with E-state index in [4.69, 9.17) is 5.11 Å². The summed E-state index contributed by atoms with van der Waals surface area (Å²) in [5, 5.41) is 11.4. The molecule has 0 saturated carbocycles. The molecule has 0 aliphatic heterocycles. The third-order valence-electron chi connectivity index (χ3n) is 2.63. The Kier molecular flexibility index (Phi) is 8.11. The van der Waals surface area contributed by atoms with E-state index in [1.54, 1.807) is 11.9 Å². The monoisotopic (exact) mass is 259 g/mol. The minimum absolute atomic E-state index is 0.00124. The van der Waals surface area contributed by atoms with Crippen LogP contribution in [0.4, 0.5) is 4.79 Å². The molecule has 2 N–H and O–H groups in total. The molecule has 106 valence electrons. The Bertz CT molecular complexity index is 269. The molecule has 0 bridgehead atoms. The van der Waals surface area contributed by atoms with Crippen molar-refractivity contribution in [3.8, 4) is 0 Å². The van der Waals surface area contributed by atoms with Gasteiger partial charge in [-0.15, -0.1) is 0 Å². The standard InChI is InChI=1S/C12H25N3O3/c1-10(6-5-7-11(16)17)13-12(18)15(4)9-8-14(2)3/h10H,5-9H2,1-4H3,(H,13,18)(H,16,17). The second-order valence-corrected chi connectivity index (χ2v) is 4.86. The minimum atomic E-state index is -0.795. The molecule has 0 aliphatic rings. The molecule has 0 aliphatic carbocycles. The van der Waals surface area contributed by atoms with Gasteiger partial charge in [0.25, 0.3) is 0 Å². The van der Waals surface area contributed by atoms with Crippen molar-refractivity contribution in [2.24, 2.45) is 0 Å². The largest absolute Gasteiger partial charge is 0.481 e. The van der Waals surface area contributed by atoms with Gasteiger partial charge in [0, 0.05) is 32.6 Å². The van der Waals surface area contributed by atoms with Gasteiger partial charge in [0.15, 0.2) is 0 Å². The highest BCUT2D eigenvalue weighted by atomic mass is 16.4. The fourth-order valence-electron chi connectivity index (χ4n) is 1.40. The molecule has 0 spiro atoms. The number of amides is 2. The summed E-state index contributed by atoms with van der Waals surface area (Å²) < 4.78 is 0. The van der Waals surface area contributed by atoms with E-state index in [0.29, 0.717) is 19.4 Å². The molecule has 18 heavy (non-hydrogen) atoms. The quantitative estimate of drug-likeness (QED) is 0.677. The van der Waals surface area contributed by atoms with Gasteiger partial charge in [0.2, 0.25) is 0 Å². The Morgan fingerprint density at radius 3 is 2.33 bits per heavy atom. The van der Waals surface area contributed by atoms with Gasteiger partial charge in [-0.25, -0.2) is 4.79 Å². The third-order valence-corrected chi connectivity index (χ3v) is 2.63. The van der Waals surface area contributed by atoms with E-state index in [-0.39, 0.29) is 18.5 Å². The van der Waals surface area contributed by atoms with E-state index in [2.05, 4.69) is 5.32 Å². The van der Waals surface area contributed by atoms with Gasteiger partial charge < -0.3 is 20.2 Å². The number of urea groups is 1. The molecular formula is C12H25N3O3. The number of carboxylic acids is 1. The van der Waals surface area contributed by atoms with E-state index >= 15 is 0 Å². The van der Waals surface area contributed by atoms with Crippen LogP contribution < -0.4 is 5.32 Å². The first kappa shape index (κ1) is 16.7. The number of hydrogen-bond donors (Lipinski definition) is 2. The Morgan fingerprint density at radius 2 is 1.83 bits per heavy atom. The molecule has 0 aromatic heterocycles. The lowest BCUT2D eigenvalue weighted by Crippen LogP contribution is -2.44. The van der Waals surface area contributed by atoms with Gasteiger partial charge in [0.05, 0.1) is 0 Å². The van der Waals surface area contributed by atoms with Crippen LogP contribution in [-0.2, 0) is 4.79 Å². The lowest BCUT2D eigenvalue weighted by molar-refractivity contribution is -0.137. The molecule has 0 fully saturated rings. The molecule has 1 unspecified atom stereocenters. The van der Waals surface area contributed by atoms with Gasteiger partial charge in [-0.1, -0.05) is 0 Å².